The molecule has 0 aliphatic heterocycles. The van der Waals surface area contributed by atoms with E-state index in [1.165, 1.54) is 19.3 Å². The molecule has 0 rings (SSSR count). The van der Waals surface area contributed by atoms with E-state index < -0.39 is 0 Å². The maximum absolute atomic E-state index is 2.38. The van der Waals surface area contributed by atoms with Crippen LogP contribution in [-0.4, -0.2) is 0 Å². The molecule has 1 unspecified atom stereocenters. The average Bonchev–Trinajstić information content (AvgIpc) is 2.81. The first kappa shape index (κ1) is 57.3. The second-order valence-corrected chi connectivity index (χ2v) is 20.7. The van der Waals surface area contributed by atoms with Crippen molar-refractivity contribution in [3.63, 3.8) is 0 Å². The third-order valence-corrected chi connectivity index (χ3v) is 10.7. The van der Waals surface area contributed by atoms with E-state index in [1.54, 1.807) is 0 Å². The summed E-state index contributed by atoms with van der Waals surface area (Å²) >= 11 is 0. The highest BCUT2D eigenvalue weighted by Gasteiger charge is 2.29. The Kier molecular flexibility index (Phi) is 36.6. The third kappa shape index (κ3) is 31.9. The van der Waals surface area contributed by atoms with Crippen molar-refractivity contribution < 1.29 is 0 Å². The molecule has 1 atom stereocenters. The number of hydrogen-bond acceptors (Lipinski definition) is 0. The van der Waals surface area contributed by atoms with Gasteiger partial charge in [0, 0.05) is 0 Å². The van der Waals surface area contributed by atoms with Gasteiger partial charge in [0.25, 0.3) is 0 Å². The summed E-state index contributed by atoms with van der Waals surface area (Å²) in [6.07, 6.45) is 4.01. The lowest BCUT2D eigenvalue weighted by atomic mass is 9.69. The van der Waals surface area contributed by atoms with Gasteiger partial charge in [-0.15, -0.1) is 0 Å². The van der Waals surface area contributed by atoms with Crippen molar-refractivity contribution in [2.75, 3.05) is 0 Å². The first-order valence-corrected chi connectivity index (χ1v) is 21.4. The molecule has 0 saturated carbocycles. The topological polar surface area (TPSA) is 0 Å². The summed E-state index contributed by atoms with van der Waals surface area (Å²) in [7, 11) is 0. The summed E-state index contributed by atoms with van der Waals surface area (Å²) in [4.78, 5) is 0. The van der Waals surface area contributed by atoms with Crippen LogP contribution in [0.25, 0.3) is 0 Å². The molecule has 0 N–H and O–H groups in total. The Labute approximate surface area is 312 Å². The van der Waals surface area contributed by atoms with E-state index in [9.17, 15) is 0 Å². The van der Waals surface area contributed by atoms with Crippen LogP contribution in [0.5, 0.6) is 0 Å². The van der Waals surface area contributed by atoms with E-state index >= 15 is 0 Å². The van der Waals surface area contributed by atoms with E-state index in [4.69, 9.17) is 0 Å². The molecule has 298 valence electrons. The van der Waals surface area contributed by atoms with Crippen molar-refractivity contribution in [2.24, 2.45) is 100 Å². The van der Waals surface area contributed by atoms with Gasteiger partial charge in [0.1, 0.15) is 0 Å². The molecule has 0 bridgehead atoms. The van der Waals surface area contributed by atoms with Crippen LogP contribution in [0.4, 0.5) is 0 Å². The van der Waals surface area contributed by atoms with Gasteiger partial charge in [-0.2, -0.15) is 0 Å². The molecule has 0 aromatic heterocycles. The van der Waals surface area contributed by atoms with Crippen molar-refractivity contribution in [1.29, 1.82) is 0 Å². The van der Waals surface area contributed by atoms with Gasteiger partial charge < -0.3 is 0 Å². The molecule has 0 aliphatic carbocycles. The van der Waals surface area contributed by atoms with Gasteiger partial charge in [-0.1, -0.05) is 207 Å². The van der Waals surface area contributed by atoms with Gasteiger partial charge in [-0.05, 0) is 107 Å². The Balaban J connectivity index is -0.000000162. The highest BCUT2D eigenvalue weighted by atomic mass is 14.3. The Morgan fingerprint density at radius 1 is 0.333 bits per heavy atom. The zero-order valence-electron chi connectivity index (χ0n) is 39.9. The Morgan fingerprint density at radius 3 is 0.625 bits per heavy atom. The van der Waals surface area contributed by atoms with Crippen LogP contribution < -0.4 is 0 Å². The summed E-state index contributed by atoms with van der Waals surface area (Å²) in [6.45, 7) is 64.9. The van der Waals surface area contributed by atoms with Crippen LogP contribution in [0.2, 0.25) is 0 Å². The lowest BCUT2D eigenvalue weighted by Gasteiger charge is -2.37. The summed E-state index contributed by atoms with van der Waals surface area (Å²) in [5.41, 5.74) is 0.461. The minimum Gasteiger partial charge on any atom is -0.0651 e. The SMILES string of the molecule is CC(C)C(C(C)C)C(C)(C)C.CC(C)C(C(C)C)C(C)C.CC(C)CC(C)C.CCC(C(C)C)C(C)C.CCC(C)C(C(C)C)C(C)C. The average molecular weight is 683 g/mol. The normalized spacial score (nSPS) is 13.1. The molecule has 0 amide bonds. The van der Waals surface area contributed by atoms with Crippen molar-refractivity contribution in [3.8, 4) is 0 Å². The number of rotatable bonds is 14. The molecular weight excluding hydrogens is 577 g/mol. The molecular formula is C48H106. The van der Waals surface area contributed by atoms with Crippen molar-refractivity contribution in [3.05, 3.63) is 0 Å². The second-order valence-electron chi connectivity index (χ2n) is 20.7. The standard InChI is InChI=1S/2C11H24.C10H22.C9H20.C7H16/c1-8(2)10(9(3)4)11(5,6)7;1-7-10(6)11(8(2)3)9(4)5;1-7(2)10(8(3)4)9(5)6;1-6-9(7(2)3)8(4)5;1-6(2)5-7(3)4/h8-10H,1-7H3;8-11H,7H2,1-6H3;7-10H,1-6H3;7-9H,6H2,1-5H3;6-7H,5H2,1-4H3. The lowest BCUT2D eigenvalue weighted by Crippen LogP contribution is -2.29. The molecule has 0 radical (unpaired) electrons. The molecule has 0 aliphatic rings. The van der Waals surface area contributed by atoms with Crippen molar-refractivity contribution in [2.45, 2.75) is 213 Å². The quantitative estimate of drug-likeness (QED) is 0.171. The van der Waals surface area contributed by atoms with Gasteiger partial charge in [0.2, 0.25) is 0 Å². The highest BCUT2D eigenvalue weighted by molar-refractivity contribution is 4.79. The van der Waals surface area contributed by atoms with Crippen molar-refractivity contribution >= 4 is 0 Å². The first-order chi connectivity index (χ1) is 21.4. The van der Waals surface area contributed by atoms with Gasteiger partial charge in [0.15, 0.2) is 0 Å². The Hall–Kier alpha value is 0. The van der Waals surface area contributed by atoms with Crippen LogP contribution >= 0.6 is 0 Å². The van der Waals surface area contributed by atoms with E-state index in [1.807, 2.05) is 0 Å². The first-order valence-electron chi connectivity index (χ1n) is 21.4. The van der Waals surface area contributed by atoms with Crippen LogP contribution in [0, 0.1) is 100 Å². The van der Waals surface area contributed by atoms with Crippen LogP contribution in [-0.2, 0) is 0 Å². The van der Waals surface area contributed by atoms with E-state index in [2.05, 4.69) is 194 Å². The molecule has 0 saturated heterocycles. The van der Waals surface area contributed by atoms with E-state index in [0.29, 0.717) is 5.41 Å². The molecule has 0 nitrogen and oxygen atoms in total. The Morgan fingerprint density at radius 2 is 0.604 bits per heavy atom. The molecule has 0 heterocycles. The Bertz CT molecular complexity index is 584. The summed E-state index contributed by atoms with van der Waals surface area (Å²) in [6, 6.07) is 0. The van der Waals surface area contributed by atoms with Gasteiger partial charge in [-0.25, -0.2) is 0 Å². The molecule has 48 heavy (non-hydrogen) atoms. The number of hydrogen-bond donors (Lipinski definition) is 0. The summed E-state index contributed by atoms with van der Waals surface area (Å²) in [5.74, 6) is 13.7. The fourth-order valence-electron chi connectivity index (χ4n) is 10.1. The molecule has 0 heteroatoms. The maximum Gasteiger partial charge on any atom is -0.0319 e. The van der Waals surface area contributed by atoms with Crippen LogP contribution in [0.15, 0.2) is 0 Å². The predicted octanol–water partition coefficient (Wildman–Crippen LogP) is 17.5. The minimum atomic E-state index is 0.461. The van der Waals surface area contributed by atoms with Gasteiger partial charge >= 0.3 is 0 Å². The zero-order valence-corrected chi connectivity index (χ0v) is 39.9. The lowest BCUT2D eigenvalue weighted by molar-refractivity contribution is 0.124. The minimum absolute atomic E-state index is 0.461. The van der Waals surface area contributed by atoms with E-state index in [-0.39, 0.29) is 0 Å². The van der Waals surface area contributed by atoms with Gasteiger partial charge in [0.05, 0.1) is 0 Å². The fraction of sp³-hybridized carbons (Fsp3) is 1.00. The fourth-order valence-corrected chi connectivity index (χ4v) is 10.1. The molecule has 0 aromatic rings. The maximum atomic E-state index is 2.38. The second kappa shape index (κ2) is 30.6. The van der Waals surface area contributed by atoms with Crippen LogP contribution in [0.3, 0.4) is 0 Å². The summed E-state index contributed by atoms with van der Waals surface area (Å²) < 4.78 is 0. The van der Waals surface area contributed by atoms with Crippen molar-refractivity contribution in [1.82, 2.24) is 0 Å². The molecule has 0 fully saturated rings. The monoisotopic (exact) mass is 683 g/mol. The van der Waals surface area contributed by atoms with E-state index in [0.717, 1.165) is 94.7 Å². The molecule has 0 spiro atoms. The molecule has 0 aromatic carbocycles. The largest absolute Gasteiger partial charge is 0.0651 e. The highest BCUT2D eigenvalue weighted by Crippen LogP contribution is 2.37. The van der Waals surface area contributed by atoms with Gasteiger partial charge in [-0.3, -0.25) is 0 Å². The zero-order chi connectivity index (χ0) is 39.9. The smallest absolute Gasteiger partial charge is 0.0319 e. The summed E-state index contributed by atoms with van der Waals surface area (Å²) in [5, 5.41) is 0. The van der Waals surface area contributed by atoms with Crippen LogP contribution in [0.1, 0.15) is 213 Å². The predicted molar refractivity (Wildman–Crippen MR) is 231 cm³/mol. The third-order valence-electron chi connectivity index (χ3n) is 10.7.